The molecule has 2 aromatic heterocycles. The zero-order valence-electron chi connectivity index (χ0n) is 10.9. The molecule has 0 unspecified atom stereocenters. The van der Waals surface area contributed by atoms with Crippen LogP contribution in [0.1, 0.15) is 16.8 Å². The number of nitrogens with zero attached hydrogens (tertiary/aromatic N) is 3. The summed E-state index contributed by atoms with van der Waals surface area (Å²) >= 11 is 1.25. The molecule has 0 aliphatic carbocycles. The van der Waals surface area contributed by atoms with Crippen molar-refractivity contribution in [2.45, 2.75) is 29.7 Å². The lowest BCUT2D eigenvalue weighted by molar-refractivity contribution is -0.137. The number of rotatable bonds is 3. The minimum atomic E-state index is -4.37. The molecule has 0 bridgehead atoms. The van der Waals surface area contributed by atoms with Crippen molar-refractivity contribution in [3.8, 4) is 0 Å². The highest BCUT2D eigenvalue weighted by Gasteiger charge is 2.30. The van der Waals surface area contributed by atoms with Crippen LogP contribution in [-0.2, 0) is 19.8 Å². The van der Waals surface area contributed by atoms with E-state index in [1.165, 1.54) is 17.8 Å². The molecular formula is C12H13F3N4S. The fraction of sp³-hybridized carbons (Fsp3) is 0.333. The number of pyridine rings is 1. The molecule has 0 saturated carbocycles. The van der Waals surface area contributed by atoms with E-state index in [0.717, 1.165) is 28.5 Å². The average Bonchev–Trinajstić information content (AvgIpc) is 2.63. The fourth-order valence-electron chi connectivity index (χ4n) is 1.75. The maximum Gasteiger partial charge on any atom is 0.417 e. The lowest BCUT2D eigenvalue weighted by atomic mass is 10.3. The Kier molecular flexibility index (Phi) is 4.05. The molecule has 2 aromatic rings. The Labute approximate surface area is 118 Å². The minimum Gasteiger partial charge on any atom is -0.326 e. The van der Waals surface area contributed by atoms with Crippen LogP contribution in [0.2, 0.25) is 0 Å². The standard InChI is InChI=1S/C12H13F3N4S/c1-7-9(5-16)11(19(2)18-7)20-10-4-3-8(6-17-10)12(13,14)15/h3-4,6H,5,16H2,1-2H3. The van der Waals surface area contributed by atoms with Crippen molar-refractivity contribution in [3.05, 3.63) is 35.2 Å². The Balaban J connectivity index is 2.27. The predicted molar refractivity (Wildman–Crippen MR) is 69.2 cm³/mol. The number of halogens is 3. The van der Waals surface area contributed by atoms with E-state index >= 15 is 0 Å². The van der Waals surface area contributed by atoms with E-state index in [9.17, 15) is 13.2 Å². The van der Waals surface area contributed by atoms with Gasteiger partial charge >= 0.3 is 6.18 Å². The van der Waals surface area contributed by atoms with Gasteiger partial charge in [-0.2, -0.15) is 18.3 Å². The summed E-state index contributed by atoms with van der Waals surface area (Å²) in [6.07, 6.45) is -3.55. The van der Waals surface area contributed by atoms with Gasteiger partial charge in [-0.3, -0.25) is 4.68 Å². The van der Waals surface area contributed by atoms with Gasteiger partial charge in [0.05, 0.1) is 11.3 Å². The molecule has 0 amide bonds. The van der Waals surface area contributed by atoms with Gasteiger partial charge in [-0.1, -0.05) is 11.8 Å². The second-order valence-electron chi connectivity index (χ2n) is 4.18. The fourth-order valence-corrected chi connectivity index (χ4v) is 2.72. The van der Waals surface area contributed by atoms with E-state index < -0.39 is 11.7 Å². The molecule has 2 rings (SSSR count). The molecule has 0 fully saturated rings. The first-order chi connectivity index (χ1) is 9.32. The quantitative estimate of drug-likeness (QED) is 0.947. The summed E-state index contributed by atoms with van der Waals surface area (Å²) in [6.45, 7) is 2.16. The van der Waals surface area contributed by atoms with Gasteiger partial charge in [-0.25, -0.2) is 4.98 Å². The van der Waals surface area contributed by atoms with Gasteiger partial charge in [0.2, 0.25) is 0 Å². The van der Waals surface area contributed by atoms with Crippen LogP contribution in [0.25, 0.3) is 0 Å². The molecule has 0 saturated heterocycles. The second kappa shape index (κ2) is 5.45. The van der Waals surface area contributed by atoms with Crippen LogP contribution in [0.4, 0.5) is 13.2 Å². The van der Waals surface area contributed by atoms with Gasteiger partial charge in [0.1, 0.15) is 10.1 Å². The molecule has 8 heteroatoms. The van der Waals surface area contributed by atoms with E-state index in [1.807, 2.05) is 6.92 Å². The largest absolute Gasteiger partial charge is 0.417 e. The molecule has 0 aliphatic heterocycles. The Hall–Kier alpha value is -1.54. The molecule has 0 atom stereocenters. The van der Waals surface area contributed by atoms with E-state index in [2.05, 4.69) is 10.1 Å². The van der Waals surface area contributed by atoms with Crippen LogP contribution < -0.4 is 5.73 Å². The van der Waals surface area contributed by atoms with Gasteiger partial charge in [-0.15, -0.1) is 0 Å². The molecule has 0 aliphatic rings. The second-order valence-corrected chi connectivity index (χ2v) is 5.19. The zero-order chi connectivity index (χ0) is 14.9. The Morgan fingerprint density at radius 3 is 2.55 bits per heavy atom. The molecule has 2 N–H and O–H groups in total. The molecule has 0 spiro atoms. The molecule has 108 valence electrons. The Morgan fingerprint density at radius 2 is 2.05 bits per heavy atom. The normalized spacial score (nSPS) is 11.9. The summed E-state index contributed by atoms with van der Waals surface area (Å²) in [5, 5.41) is 5.50. The Bertz CT molecular complexity index is 604. The van der Waals surface area contributed by atoms with Crippen molar-refractivity contribution in [3.63, 3.8) is 0 Å². The van der Waals surface area contributed by atoms with E-state index in [4.69, 9.17) is 5.73 Å². The summed E-state index contributed by atoms with van der Waals surface area (Å²) < 4.78 is 39.0. The zero-order valence-corrected chi connectivity index (χ0v) is 11.7. The van der Waals surface area contributed by atoms with Crippen LogP contribution >= 0.6 is 11.8 Å². The number of hydrogen-bond donors (Lipinski definition) is 1. The van der Waals surface area contributed by atoms with Crippen molar-refractivity contribution in [2.75, 3.05) is 0 Å². The topological polar surface area (TPSA) is 56.7 Å². The number of aromatic nitrogens is 3. The van der Waals surface area contributed by atoms with Gasteiger partial charge in [0, 0.05) is 25.4 Å². The highest BCUT2D eigenvalue weighted by atomic mass is 32.2. The summed E-state index contributed by atoms with van der Waals surface area (Å²) in [5.41, 5.74) is 6.59. The first kappa shape index (κ1) is 14.9. The third-order valence-electron chi connectivity index (χ3n) is 2.76. The first-order valence-corrected chi connectivity index (χ1v) is 6.58. The van der Waals surface area contributed by atoms with Crippen molar-refractivity contribution in [1.82, 2.24) is 14.8 Å². The highest BCUT2D eigenvalue weighted by Crippen LogP contribution is 2.33. The van der Waals surface area contributed by atoms with Crippen LogP contribution in [0, 0.1) is 6.92 Å². The maximum absolute atomic E-state index is 12.5. The van der Waals surface area contributed by atoms with Crippen molar-refractivity contribution in [2.24, 2.45) is 12.8 Å². The number of hydrogen-bond acceptors (Lipinski definition) is 4. The molecule has 4 nitrogen and oxygen atoms in total. The van der Waals surface area contributed by atoms with Crippen molar-refractivity contribution in [1.29, 1.82) is 0 Å². The average molecular weight is 302 g/mol. The van der Waals surface area contributed by atoms with E-state index in [-0.39, 0.29) is 0 Å². The molecule has 20 heavy (non-hydrogen) atoms. The van der Waals surface area contributed by atoms with E-state index in [1.54, 1.807) is 11.7 Å². The number of nitrogens with two attached hydrogens (primary N) is 1. The molecule has 0 radical (unpaired) electrons. The maximum atomic E-state index is 12.5. The third-order valence-corrected chi connectivity index (χ3v) is 3.91. The van der Waals surface area contributed by atoms with Crippen LogP contribution in [0.15, 0.2) is 28.4 Å². The van der Waals surface area contributed by atoms with E-state index in [0.29, 0.717) is 11.6 Å². The number of aryl methyl sites for hydroxylation is 2. The van der Waals surface area contributed by atoms with Crippen molar-refractivity contribution < 1.29 is 13.2 Å². The van der Waals surface area contributed by atoms with Crippen molar-refractivity contribution >= 4 is 11.8 Å². The summed E-state index contributed by atoms with van der Waals surface area (Å²) in [7, 11) is 1.76. The van der Waals surface area contributed by atoms with Crippen LogP contribution in [0.3, 0.4) is 0 Å². The van der Waals surface area contributed by atoms with Gasteiger partial charge < -0.3 is 5.73 Å². The van der Waals surface area contributed by atoms with Gasteiger partial charge in [-0.05, 0) is 19.1 Å². The minimum absolute atomic E-state index is 0.322. The lowest BCUT2D eigenvalue weighted by Crippen LogP contribution is -2.05. The van der Waals surface area contributed by atoms with Crippen LogP contribution in [0.5, 0.6) is 0 Å². The first-order valence-electron chi connectivity index (χ1n) is 5.76. The monoisotopic (exact) mass is 302 g/mol. The summed E-state index contributed by atoms with van der Waals surface area (Å²) in [5.74, 6) is 0. The summed E-state index contributed by atoms with van der Waals surface area (Å²) in [4.78, 5) is 3.83. The summed E-state index contributed by atoms with van der Waals surface area (Å²) in [6, 6.07) is 2.36. The predicted octanol–water partition coefficient (Wildman–Crippen LogP) is 2.75. The highest BCUT2D eigenvalue weighted by molar-refractivity contribution is 7.99. The molecule has 0 aromatic carbocycles. The number of alkyl halides is 3. The lowest BCUT2D eigenvalue weighted by Gasteiger charge is -2.07. The SMILES string of the molecule is Cc1nn(C)c(Sc2ccc(C(F)(F)F)cn2)c1CN. The molecular weight excluding hydrogens is 289 g/mol. The smallest absolute Gasteiger partial charge is 0.326 e. The third kappa shape index (κ3) is 2.96. The van der Waals surface area contributed by atoms with Crippen LogP contribution in [-0.4, -0.2) is 14.8 Å². The van der Waals surface area contributed by atoms with Gasteiger partial charge in [0.25, 0.3) is 0 Å². The molecule has 2 heterocycles. The Morgan fingerprint density at radius 1 is 1.35 bits per heavy atom. The van der Waals surface area contributed by atoms with Gasteiger partial charge in [0.15, 0.2) is 0 Å².